The lowest BCUT2D eigenvalue weighted by atomic mass is 10.2. The van der Waals surface area contributed by atoms with Gasteiger partial charge in [0.25, 0.3) is 0 Å². The number of sulfone groups is 1. The van der Waals surface area contributed by atoms with E-state index in [0.717, 1.165) is 16.9 Å². The average molecular weight is 356 g/mol. The maximum absolute atomic E-state index is 13.1. The number of hydrogen-bond acceptors (Lipinski definition) is 5. The molecule has 0 aliphatic carbocycles. The Hall–Kier alpha value is -2.51. The first-order chi connectivity index (χ1) is 11.9. The minimum atomic E-state index is -3.74. The SMILES string of the molecule is CNCc1cc(S(=O)(=O)c2ccc(C)nc2)n(-c2ccccc2C)n1. The molecule has 0 aliphatic heterocycles. The molecule has 0 spiro atoms. The van der Waals surface area contributed by atoms with Gasteiger partial charge in [-0.3, -0.25) is 4.98 Å². The highest BCUT2D eigenvalue weighted by Gasteiger charge is 2.25. The first-order valence-electron chi connectivity index (χ1n) is 7.91. The van der Waals surface area contributed by atoms with Crippen molar-refractivity contribution in [3.63, 3.8) is 0 Å². The molecule has 6 nitrogen and oxygen atoms in total. The van der Waals surface area contributed by atoms with Gasteiger partial charge in [-0.2, -0.15) is 5.10 Å². The second-order valence-electron chi connectivity index (χ2n) is 5.84. The molecule has 25 heavy (non-hydrogen) atoms. The van der Waals surface area contributed by atoms with Crippen LogP contribution in [0.3, 0.4) is 0 Å². The number of aryl methyl sites for hydroxylation is 2. The molecule has 0 saturated heterocycles. The van der Waals surface area contributed by atoms with Crippen LogP contribution in [0.5, 0.6) is 0 Å². The highest BCUT2D eigenvalue weighted by molar-refractivity contribution is 7.91. The molecule has 1 N–H and O–H groups in total. The summed E-state index contributed by atoms with van der Waals surface area (Å²) in [6, 6.07) is 12.4. The first kappa shape index (κ1) is 17.3. The predicted molar refractivity (Wildman–Crippen MR) is 95.5 cm³/mol. The van der Waals surface area contributed by atoms with Crippen LogP contribution in [-0.2, 0) is 16.4 Å². The normalized spacial score (nSPS) is 11.6. The van der Waals surface area contributed by atoms with Gasteiger partial charge in [-0.1, -0.05) is 18.2 Å². The van der Waals surface area contributed by atoms with Crippen LogP contribution in [0, 0.1) is 13.8 Å². The molecule has 2 aromatic heterocycles. The van der Waals surface area contributed by atoms with Gasteiger partial charge < -0.3 is 5.32 Å². The largest absolute Gasteiger partial charge is 0.314 e. The Bertz CT molecular complexity index is 992. The third-order valence-corrected chi connectivity index (χ3v) is 5.60. The Morgan fingerprint density at radius 1 is 1.12 bits per heavy atom. The Balaban J connectivity index is 2.21. The molecule has 0 bridgehead atoms. The van der Waals surface area contributed by atoms with Crippen LogP contribution in [0.2, 0.25) is 0 Å². The second-order valence-corrected chi connectivity index (χ2v) is 7.74. The number of hydrogen-bond donors (Lipinski definition) is 1. The summed E-state index contributed by atoms with van der Waals surface area (Å²) in [4.78, 5) is 4.27. The third-order valence-electron chi connectivity index (χ3n) is 3.90. The van der Waals surface area contributed by atoms with Crippen LogP contribution in [0.25, 0.3) is 5.69 Å². The van der Waals surface area contributed by atoms with Gasteiger partial charge in [0.2, 0.25) is 9.84 Å². The molecule has 0 aliphatic rings. The van der Waals surface area contributed by atoms with Crippen molar-refractivity contribution in [1.29, 1.82) is 0 Å². The van der Waals surface area contributed by atoms with Crippen molar-refractivity contribution in [2.45, 2.75) is 30.3 Å². The van der Waals surface area contributed by atoms with Crippen LogP contribution >= 0.6 is 0 Å². The molecule has 0 unspecified atom stereocenters. The smallest absolute Gasteiger partial charge is 0.225 e. The third kappa shape index (κ3) is 3.33. The minimum Gasteiger partial charge on any atom is -0.314 e. The average Bonchev–Trinajstić information content (AvgIpc) is 3.00. The summed E-state index contributed by atoms with van der Waals surface area (Å²) in [5, 5.41) is 7.64. The van der Waals surface area contributed by atoms with E-state index in [1.807, 2.05) is 38.1 Å². The molecular weight excluding hydrogens is 336 g/mol. The van der Waals surface area contributed by atoms with Crippen LogP contribution in [-0.4, -0.2) is 30.2 Å². The summed E-state index contributed by atoms with van der Waals surface area (Å²) in [6.07, 6.45) is 1.39. The predicted octanol–water partition coefficient (Wildman–Crippen LogP) is 2.44. The Labute approximate surface area is 147 Å². The summed E-state index contributed by atoms with van der Waals surface area (Å²) >= 11 is 0. The zero-order chi connectivity index (χ0) is 18.0. The van der Waals surface area contributed by atoms with Crippen molar-refractivity contribution in [2.75, 3.05) is 7.05 Å². The molecule has 0 fully saturated rings. The molecule has 0 saturated carbocycles. The molecule has 3 aromatic rings. The molecule has 130 valence electrons. The minimum absolute atomic E-state index is 0.137. The molecule has 1 aromatic carbocycles. The van der Waals surface area contributed by atoms with Crippen molar-refractivity contribution in [3.8, 4) is 5.69 Å². The second kappa shape index (κ2) is 6.78. The number of nitrogens with one attached hydrogen (secondary N) is 1. The van der Waals surface area contributed by atoms with E-state index in [1.54, 1.807) is 25.2 Å². The summed E-state index contributed by atoms with van der Waals surface area (Å²) in [7, 11) is -1.94. The van der Waals surface area contributed by atoms with Crippen LogP contribution < -0.4 is 5.32 Å². The van der Waals surface area contributed by atoms with Gasteiger partial charge in [0.1, 0.15) is 0 Å². The quantitative estimate of drug-likeness (QED) is 0.760. The van der Waals surface area contributed by atoms with Gasteiger partial charge in [0.15, 0.2) is 5.03 Å². The lowest BCUT2D eigenvalue weighted by Crippen LogP contribution is -2.11. The number of nitrogens with zero attached hydrogens (tertiary/aromatic N) is 3. The van der Waals surface area contributed by atoms with E-state index in [4.69, 9.17) is 0 Å². The monoisotopic (exact) mass is 356 g/mol. The fraction of sp³-hybridized carbons (Fsp3) is 0.222. The van der Waals surface area contributed by atoms with E-state index in [9.17, 15) is 8.42 Å². The number of aromatic nitrogens is 3. The number of pyridine rings is 1. The van der Waals surface area contributed by atoms with Gasteiger partial charge >= 0.3 is 0 Å². The fourth-order valence-electron chi connectivity index (χ4n) is 2.58. The summed E-state index contributed by atoms with van der Waals surface area (Å²) in [5.41, 5.74) is 3.11. The zero-order valence-electron chi connectivity index (χ0n) is 14.4. The Morgan fingerprint density at radius 2 is 1.88 bits per heavy atom. The molecule has 0 amide bonds. The van der Waals surface area contributed by atoms with Gasteiger partial charge in [-0.15, -0.1) is 0 Å². The van der Waals surface area contributed by atoms with E-state index in [2.05, 4.69) is 15.4 Å². The van der Waals surface area contributed by atoms with E-state index in [1.165, 1.54) is 10.9 Å². The fourth-order valence-corrected chi connectivity index (χ4v) is 3.91. The highest BCUT2D eigenvalue weighted by Crippen LogP contribution is 2.25. The summed E-state index contributed by atoms with van der Waals surface area (Å²) in [5.74, 6) is 0. The van der Waals surface area contributed by atoms with Crippen molar-refractivity contribution in [1.82, 2.24) is 20.1 Å². The van der Waals surface area contributed by atoms with Crippen molar-refractivity contribution in [2.24, 2.45) is 0 Å². The van der Waals surface area contributed by atoms with Crippen molar-refractivity contribution < 1.29 is 8.42 Å². The summed E-state index contributed by atoms with van der Waals surface area (Å²) < 4.78 is 27.8. The van der Waals surface area contributed by atoms with Crippen LogP contribution in [0.4, 0.5) is 0 Å². The van der Waals surface area contributed by atoms with Crippen molar-refractivity contribution in [3.05, 3.63) is 65.6 Å². The molecule has 2 heterocycles. The lowest BCUT2D eigenvalue weighted by Gasteiger charge is -2.10. The molecule has 3 rings (SSSR count). The summed E-state index contributed by atoms with van der Waals surface area (Å²) in [6.45, 7) is 4.23. The lowest BCUT2D eigenvalue weighted by molar-refractivity contribution is 0.585. The van der Waals surface area contributed by atoms with Crippen LogP contribution in [0.15, 0.2) is 58.6 Å². The standard InChI is InChI=1S/C18H20N4O2S/c1-13-6-4-5-7-17(13)22-18(10-15(21-22)11-19-3)25(23,24)16-9-8-14(2)20-12-16/h4-10,12,19H,11H2,1-3H3. The highest BCUT2D eigenvalue weighted by atomic mass is 32.2. The van der Waals surface area contributed by atoms with Gasteiger partial charge in [0.05, 0.1) is 16.3 Å². The molecule has 7 heteroatoms. The number of para-hydroxylation sites is 1. The number of rotatable bonds is 5. The molecular formula is C18H20N4O2S. The maximum Gasteiger partial charge on any atom is 0.225 e. The topological polar surface area (TPSA) is 76.9 Å². The van der Waals surface area contributed by atoms with Gasteiger partial charge in [0, 0.05) is 24.5 Å². The molecule has 0 radical (unpaired) electrons. The van der Waals surface area contributed by atoms with E-state index in [0.29, 0.717) is 12.2 Å². The van der Waals surface area contributed by atoms with E-state index < -0.39 is 9.84 Å². The molecule has 0 atom stereocenters. The Kier molecular flexibility index (Phi) is 4.69. The van der Waals surface area contributed by atoms with Crippen LogP contribution in [0.1, 0.15) is 17.0 Å². The van der Waals surface area contributed by atoms with Gasteiger partial charge in [-0.05, 0) is 44.7 Å². The van der Waals surface area contributed by atoms with E-state index in [-0.39, 0.29) is 9.92 Å². The van der Waals surface area contributed by atoms with Gasteiger partial charge in [-0.25, -0.2) is 13.1 Å². The first-order valence-corrected chi connectivity index (χ1v) is 9.39. The number of benzene rings is 1. The van der Waals surface area contributed by atoms with E-state index >= 15 is 0 Å². The maximum atomic E-state index is 13.1. The Morgan fingerprint density at radius 3 is 2.52 bits per heavy atom. The van der Waals surface area contributed by atoms with Crippen molar-refractivity contribution >= 4 is 9.84 Å². The zero-order valence-corrected chi connectivity index (χ0v) is 15.2.